The molecule has 140 valence electrons. The Bertz CT molecular complexity index is 1070. The summed E-state index contributed by atoms with van der Waals surface area (Å²) in [5.74, 6) is -1.57. The molecule has 3 aromatic rings. The van der Waals surface area contributed by atoms with Gasteiger partial charge in [0.1, 0.15) is 11.2 Å². The molecule has 0 atom stereocenters. The van der Waals surface area contributed by atoms with Gasteiger partial charge < -0.3 is 9.30 Å². The van der Waals surface area contributed by atoms with Gasteiger partial charge in [0.25, 0.3) is 0 Å². The predicted molar refractivity (Wildman–Crippen MR) is 103 cm³/mol. The van der Waals surface area contributed by atoms with E-state index < -0.39 is 17.2 Å². The van der Waals surface area contributed by atoms with Crippen molar-refractivity contribution in [3.05, 3.63) is 63.2 Å². The Kier molecular flexibility index (Phi) is 5.82. The molecule has 0 fully saturated rings. The molecule has 0 amide bonds. The van der Waals surface area contributed by atoms with E-state index in [1.54, 1.807) is 11.5 Å². The number of aryl methyl sites for hydroxylation is 1. The summed E-state index contributed by atoms with van der Waals surface area (Å²) in [5.41, 5.74) is -0.543. The van der Waals surface area contributed by atoms with Crippen molar-refractivity contribution in [3.8, 4) is 0 Å². The van der Waals surface area contributed by atoms with Gasteiger partial charge in [0.15, 0.2) is 11.0 Å². The van der Waals surface area contributed by atoms with Crippen LogP contribution in [0.1, 0.15) is 24.2 Å². The molecule has 2 aromatic heterocycles. The minimum atomic E-state index is -0.817. The van der Waals surface area contributed by atoms with Crippen molar-refractivity contribution in [2.24, 2.45) is 0 Å². The maximum absolute atomic E-state index is 13.9. The molecular weight excluding hydrogens is 391 g/mol. The van der Waals surface area contributed by atoms with Gasteiger partial charge in [-0.1, -0.05) is 41.6 Å². The number of fused-ring (bicyclic) bond motifs is 1. The number of ether oxygens (including phenoxy) is 1. The van der Waals surface area contributed by atoms with Crippen LogP contribution < -0.4 is 5.43 Å². The molecule has 2 heterocycles. The molecule has 1 aromatic carbocycles. The van der Waals surface area contributed by atoms with Crippen molar-refractivity contribution >= 4 is 40.4 Å². The lowest BCUT2D eigenvalue weighted by atomic mass is 10.2. The number of halogens is 2. The zero-order chi connectivity index (χ0) is 19.6. The summed E-state index contributed by atoms with van der Waals surface area (Å²) >= 11 is 7.08. The van der Waals surface area contributed by atoms with Gasteiger partial charge in [-0.25, -0.2) is 14.2 Å². The highest BCUT2D eigenvalue weighted by atomic mass is 35.5. The summed E-state index contributed by atoms with van der Waals surface area (Å²) in [4.78, 5) is 30.4. The average Bonchev–Trinajstić information content (AvgIpc) is 2.65. The van der Waals surface area contributed by atoms with Gasteiger partial charge in [-0.15, -0.1) is 0 Å². The number of nitrogens with zero attached hydrogens (tertiary/aromatic N) is 2. The van der Waals surface area contributed by atoms with Gasteiger partial charge >= 0.3 is 5.97 Å². The van der Waals surface area contributed by atoms with E-state index in [4.69, 9.17) is 16.3 Å². The monoisotopic (exact) mass is 406 g/mol. The third-order valence-corrected chi connectivity index (χ3v) is 5.24. The van der Waals surface area contributed by atoms with Crippen LogP contribution in [0.25, 0.3) is 11.0 Å². The summed E-state index contributed by atoms with van der Waals surface area (Å²) in [6.45, 7) is 4.01. The average molecular weight is 407 g/mol. The highest BCUT2D eigenvalue weighted by molar-refractivity contribution is 7.99. The number of aromatic nitrogens is 2. The lowest BCUT2D eigenvalue weighted by Gasteiger charge is -2.17. The fourth-order valence-corrected chi connectivity index (χ4v) is 3.93. The smallest absolute Gasteiger partial charge is 0.344 e. The number of hydrogen-bond acceptors (Lipinski definition) is 5. The fraction of sp³-hybridized carbons (Fsp3) is 0.211. The summed E-state index contributed by atoms with van der Waals surface area (Å²) in [6, 6.07) is 10.3. The summed E-state index contributed by atoms with van der Waals surface area (Å²) < 4.78 is 20.7. The Morgan fingerprint density at radius 3 is 2.63 bits per heavy atom. The number of carbonyl (C=O) groups excluding carboxylic acids is 1. The van der Waals surface area contributed by atoms with E-state index in [2.05, 4.69) is 4.98 Å². The minimum Gasteiger partial charge on any atom is -0.462 e. The molecule has 0 saturated heterocycles. The molecule has 0 N–H and O–H groups in total. The van der Waals surface area contributed by atoms with E-state index in [1.807, 2.05) is 37.3 Å². The normalized spacial score (nSPS) is 11.0. The van der Waals surface area contributed by atoms with Gasteiger partial charge in [-0.3, -0.25) is 4.79 Å². The molecule has 0 radical (unpaired) electrons. The zero-order valence-electron chi connectivity index (χ0n) is 14.7. The number of hydrogen-bond donors (Lipinski definition) is 0. The third-order valence-electron chi connectivity index (χ3n) is 3.85. The SMILES string of the molecule is CCOC(=O)c1c(Sc2ccccc2)n(CC)c2nc(Cl)c(F)cc2c1=O. The van der Waals surface area contributed by atoms with E-state index >= 15 is 0 Å². The molecule has 0 aliphatic carbocycles. The number of rotatable bonds is 5. The molecule has 5 nitrogen and oxygen atoms in total. The molecule has 0 bridgehead atoms. The Balaban J connectivity index is 2.38. The highest BCUT2D eigenvalue weighted by Gasteiger charge is 2.25. The molecule has 8 heteroatoms. The Morgan fingerprint density at radius 1 is 1.30 bits per heavy atom. The van der Waals surface area contributed by atoms with E-state index in [0.717, 1.165) is 11.0 Å². The molecular formula is C19H16ClFN2O3S. The van der Waals surface area contributed by atoms with Crippen LogP contribution >= 0.6 is 23.4 Å². The molecule has 3 rings (SSSR count). The second kappa shape index (κ2) is 8.10. The zero-order valence-corrected chi connectivity index (χ0v) is 16.2. The van der Waals surface area contributed by atoms with Crippen LogP contribution in [-0.2, 0) is 11.3 Å². The number of esters is 1. The summed E-state index contributed by atoms with van der Waals surface area (Å²) in [5, 5.41) is 0.0395. The maximum atomic E-state index is 13.9. The van der Waals surface area contributed by atoms with E-state index in [0.29, 0.717) is 11.6 Å². The van der Waals surface area contributed by atoms with Gasteiger partial charge in [0.2, 0.25) is 5.43 Å². The van der Waals surface area contributed by atoms with Crippen molar-refractivity contribution in [1.29, 1.82) is 0 Å². The first-order chi connectivity index (χ1) is 13.0. The van der Waals surface area contributed by atoms with Gasteiger partial charge in [-0.2, -0.15) is 0 Å². The van der Waals surface area contributed by atoms with Crippen molar-refractivity contribution < 1.29 is 13.9 Å². The van der Waals surface area contributed by atoms with Crippen LogP contribution in [0.5, 0.6) is 0 Å². The standard InChI is InChI=1S/C19H16ClFN2O3S/c1-3-23-17-12(10-13(21)16(20)22-17)15(24)14(19(25)26-4-2)18(23)27-11-8-6-5-7-9-11/h5-10H,3-4H2,1-2H3. The first-order valence-electron chi connectivity index (χ1n) is 8.30. The Hall–Kier alpha value is -2.38. The van der Waals surface area contributed by atoms with Crippen LogP contribution in [0.15, 0.2) is 51.1 Å². The largest absolute Gasteiger partial charge is 0.462 e. The van der Waals surface area contributed by atoms with Gasteiger partial charge in [-0.05, 0) is 32.0 Å². The van der Waals surface area contributed by atoms with E-state index in [-0.39, 0.29) is 28.4 Å². The molecule has 0 spiro atoms. The second-order valence-corrected chi connectivity index (χ2v) is 6.94. The second-order valence-electron chi connectivity index (χ2n) is 5.52. The maximum Gasteiger partial charge on any atom is 0.344 e. The van der Waals surface area contributed by atoms with Crippen LogP contribution in [-0.4, -0.2) is 22.1 Å². The minimum absolute atomic E-state index is 0.0146. The Labute approximate surface area is 164 Å². The molecule has 0 unspecified atom stereocenters. The van der Waals surface area contributed by atoms with Crippen LogP contribution in [0, 0.1) is 5.82 Å². The molecule has 27 heavy (non-hydrogen) atoms. The number of carbonyl (C=O) groups is 1. The molecule has 0 aliphatic rings. The van der Waals surface area contributed by atoms with Crippen LogP contribution in [0.2, 0.25) is 5.15 Å². The van der Waals surface area contributed by atoms with Gasteiger partial charge in [0, 0.05) is 11.4 Å². The lowest BCUT2D eigenvalue weighted by molar-refractivity contribution is 0.0519. The summed E-state index contributed by atoms with van der Waals surface area (Å²) in [6.07, 6.45) is 0. The van der Waals surface area contributed by atoms with Crippen molar-refractivity contribution in [3.63, 3.8) is 0 Å². The van der Waals surface area contributed by atoms with E-state index in [1.165, 1.54) is 11.8 Å². The van der Waals surface area contributed by atoms with E-state index in [9.17, 15) is 14.0 Å². The number of benzene rings is 1. The quantitative estimate of drug-likeness (QED) is 0.460. The topological polar surface area (TPSA) is 61.2 Å². The van der Waals surface area contributed by atoms with Crippen molar-refractivity contribution in [2.45, 2.75) is 30.3 Å². The fourth-order valence-electron chi connectivity index (χ4n) is 2.68. The van der Waals surface area contributed by atoms with Gasteiger partial charge in [0.05, 0.1) is 17.0 Å². The Morgan fingerprint density at radius 2 is 2.00 bits per heavy atom. The highest BCUT2D eigenvalue weighted by Crippen LogP contribution is 2.32. The summed E-state index contributed by atoms with van der Waals surface area (Å²) in [7, 11) is 0. The van der Waals surface area contributed by atoms with Crippen molar-refractivity contribution in [1.82, 2.24) is 9.55 Å². The van der Waals surface area contributed by atoms with Crippen LogP contribution in [0.4, 0.5) is 4.39 Å². The number of pyridine rings is 2. The van der Waals surface area contributed by atoms with Crippen molar-refractivity contribution in [2.75, 3.05) is 6.61 Å². The lowest BCUT2D eigenvalue weighted by Crippen LogP contribution is -2.24. The molecule has 0 aliphatic heterocycles. The predicted octanol–water partition coefficient (Wildman–Crippen LogP) is 4.54. The first kappa shape index (κ1) is 19.4. The molecule has 0 saturated carbocycles. The first-order valence-corrected chi connectivity index (χ1v) is 9.49. The third kappa shape index (κ3) is 3.70. The van der Waals surface area contributed by atoms with Crippen LogP contribution in [0.3, 0.4) is 0 Å².